The molecule has 0 bridgehead atoms. The van der Waals surface area contributed by atoms with Crippen LogP contribution in [0.4, 0.5) is 8.78 Å². The lowest BCUT2D eigenvalue weighted by atomic mass is 10.0. The lowest BCUT2D eigenvalue weighted by molar-refractivity contribution is -0.148. The van der Waals surface area contributed by atoms with Crippen LogP contribution in [0.1, 0.15) is 35.6 Å². The summed E-state index contributed by atoms with van der Waals surface area (Å²) >= 11 is 0. The molecule has 5 heteroatoms. The van der Waals surface area contributed by atoms with Gasteiger partial charge in [0, 0.05) is 19.5 Å². The van der Waals surface area contributed by atoms with E-state index in [0.717, 1.165) is 26.1 Å². The van der Waals surface area contributed by atoms with Crippen LogP contribution in [0.15, 0.2) is 78.9 Å². The Balaban J connectivity index is 1.41. The third-order valence-corrected chi connectivity index (χ3v) is 5.63. The second-order valence-corrected chi connectivity index (χ2v) is 8.06. The highest BCUT2D eigenvalue weighted by Gasteiger charge is 2.27. The quantitative estimate of drug-likeness (QED) is 0.471. The van der Waals surface area contributed by atoms with E-state index >= 15 is 0 Å². The fourth-order valence-corrected chi connectivity index (χ4v) is 4.15. The monoisotopic (exact) mass is 421 g/mol. The van der Waals surface area contributed by atoms with E-state index < -0.39 is 17.7 Å². The molecule has 3 aromatic carbocycles. The maximum atomic E-state index is 13.8. The summed E-state index contributed by atoms with van der Waals surface area (Å²) in [6.07, 6.45) is 0.361. The summed E-state index contributed by atoms with van der Waals surface area (Å²) < 4.78 is 33.3. The largest absolute Gasteiger partial charge is 0.453 e. The molecule has 0 N–H and O–H groups in total. The predicted octanol–water partition coefficient (Wildman–Crippen LogP) is 5.51. The average Bonchev–Trinajstić information content (AvgIpc) is 3.19. The molecule has 1 heterocycles. The molecule has 0 amide bonds. The molecule has 3 nitrogen and oxygen atoms in total. The van der Waals surface area contributed by atoms with Crippen molar-refractivity contribution >= 4 is 5.97 Å². The Morgan fingerprint density at radius 2 is 1.58 bits per heavy atom. The van der Waals surface area contributed by atoms with Crippen molar-refractivity contribution in [2.45, 2.75) is 25.5 Å². The molecule has 31 heavy (non-hydrogen) atoms. The number of nitrogens with zero attached hydrogens (tertiary/aromatic N) is 1. The highest BCUT2D eigenvalue weighted by molar-refractivity contribution is 5.70. The number of hydrogen-bond acceptors (Lipinski definition) is 3. The first kappa shape index (κ1) is 21.2. The zero-order chi connectivity index (χ0) is 21.6. The standard InChI is InChI=1S/C26H25F2NO2/c27-23-10-4-8-21(15-23)26(22-9-5-11-24(28)16-22)31-25(30)14-20-12-13-29(18-20)17-19-6-2-1-3-7-19/h1-11,15-16,20,26H,12-14,17-18H2/t20-/m0/s1. The summed E-state index contributed by atoms with van der Waals surface area (Å²) in [6.45, 7) is 2.63. The smallest absolute Gasteiger partial charge is 0.307 e. The predicted molar refractivity (Wildman–Crippen MR) is 115 cm³/mol. The van der Waals surface area contributed by atoms with Crippen molar-refractivity contribution in [1.82, 2.24) is 4.90 Å². The molecule has 0 saturated carbocycles. The third-order valence-electron chi connectivity index (χ3n) is 5.63. The van der Waals surface area contributed by atoms with Gasteiger partial charge in [0.2, 0.25) is 0 Å². The number of ether oxygens (including phenoxy) is 1. The molecule has 0 spiro atoms. The first-order valence-corrected chi connectivity index (χ1v) is 10.5. The molecule has 0 aromatic heterocycles. The highest BCUT2D eigenvalue weighted by Crippen LogP contribution is 2.29. The molecule has 1 aliphatic heterocycles. The first-order valence-electron chi connectivity index (χ1n) is 10.5. The van der Waals surface area contributed by atoms with Crippen molar-refractivity contribution < 1.29 is 18.3 Å². The minimum atomic E-state index is -0.847. The normalized spacial score (nSPS) is 16.5. The molecule has 0 unspecified atom stereocenters. The fraction of sp³-hybridized carbons (Fsp3) is 0.269. The Morgan fingerprint density at radius 1 is 0.935 bits per heavy atom. The van der Waals surface area contributed by atoms with E-state index in [4.69, 9.17) is 4.74 Å². The topological polar surface area (TPSA) is 29.5 Å². The van der Waals surface area contributed by atoms with Gasteiger partial charge in [0.25, 0.3) is 0 Å². The summed E-state index contributed by atoms with van der Waals surface area (Å²) in [7, 11) is 0. The van der Waals surface area contributed by atoms with Gasteiger partial charge in [-0.1, -0.05) is 54.6 Å². The number of benzene rings is 3. The van der Waals surface area contributed by atoms with Crippen molar-refractivity contribution in [3.63, 3.8) is 0 Å². The Kier molecular flexibility index (Phi) is 6.73. The molecule has 0 aliphatic carbocycles. The van der Waals surface area contributed by atoms with Gasteiger partial charge in [-0.3, -0.25) is 9.69 Å². The first-order chi connectivity index (χ1) is 15.1. The van der Waals surface area contributed by atoms with E-state index in [1.54, 1.807) is 24.3 Å². The number of carbonyl (C=O) groups is 1. The van der Waals surface area contributed by atoms with Crippen molar-refractivity contribution in [3.05, 3.63) is 107 Å². The maximum absolute atomic E-state index is 13.8. The Hall–Kier alpha value is -3.05. The van der Waals surface area contributed by atoms with E-state index in [1.165, 1.54) is 29.8 Å². The lowest BCUT2D eigenvalue weighted by Gasteiger charge is -2.20. The van der Waals surface area contributed by atoms with Gasteiger partial charge in [0.05, 0.1) is 0 Å². The van der Waals surface area contributed by atoms with Gasteiger partial charge in [-0.25, -0.2) is 8.78 Å². The highest BCUT2D eigenvalue weighted by atomic mass is 19.1. The van der Waals surface area contributed by atoms with Crippen LogP contribution in [-0.4, -0.2) is 24.0 Å². The average molecular weight is 421 g/mol. The van der Waals surface area contributed by atoms with Crippen LogP contribution in [0.3, 0.4) is 0 Å². The molecule has 0 radical (unpaired) electrons. The van der Waals surface area contributed by atoms with E-state index in [-0.39, 0.29) is 18.3 Å². The number of carbonyl (C=O) groups excluding carboxylic acids is 1. The molecular weight excluding hydrogens is 396 g/mol. The molecule has 1 fully saturated rings. The van der Waals surface area contributed by atoms with Gasteiger partial charge in [0.15, 0.2) is 6.10 Å². The number of rotatable bonds is 7. The molecule has 1 atom stereocenters. The summed E-state index contributed by atoms with van der Waals surface area (Å²) in [5, 5.41) is 0. The van der Waals surface area contributed by atoms with Gasteiger partial charge >= 0.3 is 5.97 Å². The van der Waals surface area contributed by atoms with Crippen LogP contribution in [-0.2, 0) is 16.1 Å². The van der Waals surface area contributed by atoms with Crippen LogP contribution in [0.5, 0.6) is 0 Å². The van der Waals surface area contributed by atoms with Crippen LogP contribution in [0, 0.1) is 17.6 Å². The molecule has 4 rings (SSSR count). The SMILES string of the molecule is O=C(C[C@@H]1CCN(Cc2ccccc2)C1)OC(c1cccc(F)c1)c1cccc(F)c1. The zero-order valence-electron chi connectivity index (χ0n) is 17.2. The third kappa shape index (κ3) is 5.76. The van der Waals surface area contributed by atoms with E-state index in [2.05, 4.69) is 17.0 Å². The fourth-order valence-electron chi connectivity index (χ4n) is 4.15. The number of halogens is 2. The molecule has 1 aliphatic rings. The minimum absolute atomic E-state index is 0.205. The van der Waals surface area contributed by atoms with Crippen LogP contribution in [0.2, 0.25) is 0 Å². The van der Waals surface area contributed by atoms with E-state index in [1.807, 2.05) is 18.2 Å². The minimum Gasteiger partial charge on any atom is -0.453 e. The number of esters is 1. The molecule has 1 saturated heterocycles. The Bertz CT molecular complexity index is 979. The van der Waals surface area contributed by atoms with Crippen LogP contribution in [0.25, 0.3) is 0 Å². The van der Waals surface area contributed by atoms with Crippen molar-refractivity contribution in [1.29, 1.82) is 0 Å². The van der Waals surface area contributed by atoms with Gasteiger partial charge in [-0.15, -0.1) is 0 Å². The molecular formula is C26H25F2NO2. The number of likely N-dealkylation sites (tertiary alicyclic amines) is 1. The second-order valence-electron chi connectivity index (χ2n) is 8.06. The van der Waals surface area contributed by atoms with E-state index in [0.29, 0.717) is 11.1 Å². The van der Waals surface area contributed by atoms with Gasteiger partial charge in [0.1, 0.15) is 11.6 Å². The summed E-state index contributed by atoms with van der Waals surface area (Å²) in [4.78, 5) is 15.1. The summed E-state index contributed by atoms with van der Waals surface area (Å²) in [5.41, 5.74) is 2.22. The zero-order valence-corrected chi connectivity index (χ0v) is 17.2. The van der Waals surface area contributed by atoms with Gasteiger partial charge < -0.3 is 4.74 Å². The number of hydrogen-bond donors (Lipinski definition) is 0. The van der Waals surface area contributed by atoms with Gasteiger partial charge in [-0.2, -0.15) is 0 Å². The Morgan fingerprint density at radius 3 is 2.19 bits per heavy atom. The lowest BCUT2D eigenvalue weighted by Crippen LogP contribution is -2.22. The molecule has 3 aromatic rings. The van der Waals surface area contributed by atoms with Crippen molar-refractivity contribution in [2.24, 2.45) is 5.92 Å². The van der Waals surface area contributed by atoms with E-state index in [9.17, 15) is 13.6 Å². The maximum Gasteiger partial charge on any atom is 0.307 e. The van der Waals surface area contributed by atoms with Crippen molar-refractivity contribution in [2.75, 3.05) is 13.1 Å². The Labute approximate surface area is 181 Å². The van der Waals surface area contributed by atoms with Crippen LogP contribution >= 0.6 is 0 Å². The van der Waals surface area contributed by atoms with Gasteiger partial charge in [-0.05, 0) is 59.8 Å². The van der Waals surface area contributed by atoms with Crippen molar-refractivity contribution in [3.8, 4) is 0 Å². The summed E-state index contributed by atoms with van der Waals surface area (Å²) in [6, 6.07) is 22.0. The molecule has 160 valence electrons. The second kappa shape index (κ2) is 9.84. The van der Waals surface area contributed by atoms with Crippen LogP contribution < -0.4 is 0 Å². The summed E-state index contributed by atoms with van der Waals surface area (Å²) in [5.74, 6) is -1.01.